The summed E-state index contributed by atoms with van der Waals surface area (Å²) in [6.07, 6.45) is 3.68. The van der Waals surface area contributed by atoms with Gasteiger partial charge in [0, 0.05) is 58.8 Å². The summed E-state index contributed by atoms with van der Waals surface area (Å²) in [5, 5.41) is 4.45. The maximum absolute atomic E-state index is 6.58. The summed E-state index contributed by atoms with van der Waals surface area (Å²) >= 11 is 0. The fraction of sp³-hybridized carbons (Fsp3) is 0.150. The molecular weight excluding hydrogens is 582 g/mol. The lowest BCUT2D eigenvalue weighted by Gasteiger charge is -2.20. The first-order valence-corrected chi connectivity index (χ1v) is 15.9. The summed E-state index contributed by atoms with van der Waals surface area (Å²) in [7, 11) is 2.10. The van der Waals surface area contributed by atoms with E-state index in [9.17, 15) is 0 Å². The normalized spacial score (nSPS) is 13.4. The Morgan fingerprint density at radius 3 is 2.40 bits per heavy atom. The molecule has 0 atom stereocenters. The number of anilines is 3. The van der Waals surface area contributed by atoms with E-state index in [1.165, 1.54) is 10.9 Å². The van der Waals surface area contributed by atoms with Crippen molar-refractivity contribution in [3.63, 3.8) is 0 Å². The summed E-state index contributed by atoms with van der Waals surface area (Å²) in [5.41, 5.74) is 8.14. The average molecular weight is 616 g/mol. The highest BCUT2D eigenvalue weighted by Crippen LogP contribution is 2.47. The summed E-state index contributed by atoms with van der Waals surface area (Å²) < 4.78 is 15.1. The minimum Gasteiger partial charge on any atom is -0.457 e. The number of furan rings is 1. The van der Waals surface area contributed by atoms with Gasteiger partial charge in [-0.15, -0.1) is 0 Å². The van der Waals surface area contributed by atoms with Crippen LogP contribution in [0.1, 0.15) is 26.3 Å². The fourth-order valence-electron chi connectivity index (χ4n) is 6.94. The Morgan fingerprint density at radius 2 is 1.51 bits per heavy atom. The molecule has 0 spiro atoms. The number of nitrogens with zero attached hydrogens (tertiary/aromatic N) is 5. The van der Waals surface area contributed by atoms with E-state index in [0.717, 1.165) is 67.2 Å². The summed E-state index contributed by atoms with van der Waals surface area (Å²) in [6, 6.07) is 35.7. The van der Waals surface area contributed by atoms with E-state index < -0.39 is 0 Å². The van der Waals surface area contributed by atoms with Crippen LogP contribution in [0.25, 0.3) is 49.7 Å². The number of para-hydroxylation sites is 1. The number of hydrogen-bond donors (Lipinski definition) is 0. The van der Waals surface area contributed by atoms with Crippen molar-refractivity contribution in [2.24, 2.45) is 0 Å². The third-order valence-corrected chi connectivity index (χ3v) is 9.25. The zero-order valence-corrected chi connectivity index (χ0v) is 26.7. The molecule has 1 aliphatic heterocycles. The number of benzene rings is 4. The average Bonchev–Trinajstić information content (AvgIpc) is 3.73. The van der Waals surface area contributed by atoms with Crippen molar-refractivity contribution in [2.45, 2.75) is 26.2 Å². The number of pyridine rings is 2. The smallest absolute Gasteiger partial charge is 0.227 e. The van der Waals surface area contributed by atoms with Crippen LogP contribution >= 0.6 is 0 Å². The van der Waals surface area contributed by atoms with Crippen LogP contribution in [0.4, 0.5) is 17.1 Å². The molecule has 0 aliphatic carbocycles. The number of ether oxygens (including phenoxy) is 1. The molecule has 0 bridgehead atoms. The quantitative estimate of drug-likeness (QED) is 0.196. The van der Waals surface area contributed by atoms with Crippen molar-refractivity contribution < 1.29 is 9.15 Å². The third kappa shape index (κ3) is 4.34. The summed E-state index contributed by atoms with van der Waals surface area (Å²) in [4.78, 5) is 13.8. The first-order valence-electron chi connectivity index (χ1n) is 15.9. The predicted octanol–water partition coefficient (Wildman–Crippen LogP) is 10.1. The predicted molar refractivity (Wildman–Crippen MR) is 191 cm³/mol. The van der Waals surface area contributed by atoms with Gasteiger partial charge in [0.2, 0.25) is 5.71 Å². The summed E-state index contributed by atoms with van der Waals surface area (Å²) in [5.74, 6) is 2.43. The van der Waals surface area contributed by atoms with Gasteiger partial charge < -0.3 is 19.0 Å². The van der Waals surface area contributed by atoms with E-state index in [-0.39, 0.29) is 5.41 Å². The van der Waals surface area contributed by atoms with Crippen LogP contribution in [0.15, 0.2) is 120 Å². The van der Waals surface area contributed by atoms with Gasteiger partial charge in [-0.3, -0.25) is 4.57 Å². The lowest BCUT2D eigenvalue weighted by atomic mass is 9.88. The van der Waals surface area contributed by atoms with Crippen molar-refractivity contribution in [1.29, 1.82) is 0 Å². The van der Waals surface area contributed by atoms with E-state index in [1.54, 1.807) is 6.20 Å². The number of rotatable bonds is 4. The highest BCUT2D eigenvalue weighted by atomic mass is 16.5. The molecule has 0 unspecified atom stereocenters. The Morgan fingerprint density at radius 1 is 0.702 bits per heavy atom. The molecular formula is C40H33N5O2. The van der Waals surface area contributed by atoms with Crippen molar-refractivity contribution in [2.75, 3.05) is 23.5 Å². The first-order chi connectivity index (χ1) is 22.8. The first kappa shape index (κ1) is 27.5. The largest absolute Gasteiger partial charge is 0.457 e. The van der Waals surface area contributed by atoms with Crippen LogP contribution in [0.5, 0.6) is 11.5 Å². The molecule has 0 saturated carbocycles. The van der Waals surface area contributed by atoms with E-state index in [2.05, 4.69) is 132 Å². The molecule has 4 aromatic carbocycles. The van der Waals surface area contributed by atoms with Gasteiger partial charge in [0.15, 0.2) is 5.58 Å². The number of aromatic nitrogens is 3. The van der Waals surface area contributed by atoms with Crippen LogP contribution in [-0.2, 0) is 5.41 Å². The second-order valence-corrected chi connectivity index (χ2v) is 13.3. The molecule has 230 valence electrons. The second kappa shape index (κ2) is 10.1. The van der Waals surface area contributed by atoms with Crippen LogP contribution in [0.3, 0.4) is 0 Å². The Hall–Kier alpha value is -5.82. The molecule has 0 radical (unpaired) electrons. The molecule has 7 nitrogen and oxygen atoms in total. The zero-order valence-electron chi connectivity index (χ0n) is 26.7. The molecule has 0 saturated heterocycles. The Kier molecular flexibility index (Phi) is 5.90. The molecule has 0 N–H and O–H groups in total. The van der Waals surface area contributed by atoms with Crippen molar-refractivity contribution in [3.05, 3.63) is 121 Å². The lowest BCUT2D eigenvalue weighted by molar-refractivity contribution is 0.483. The van der Waals surface area contributed by atoms with Gasteiger partial charge in [0.1, 0.15) is 23.0 Å². The Bertz CT molecular complexity index is 2500. The minimum atomic E-state index is 0.00960. The maximum Gasteiger partial charge on any atom is 0.227 e. The highest BCUT2D eigenvalue weighted by Gasteiger charge is 2.29. The molecule has 7 heteroatoms. The third-order valence-electron chi connectivity index (χ3n) is 9.25. The van der Waals surface area contributed by atoms with Gasteiger partial charge in [-0.25, -0.2) is 9.97 Å². The van der Waals surface area contributed by atoms with Crippen LogP contribution in [0.2, 0.25) is 0 Å². The Labute approximate surface area is 272 Å². The van der Waals surface area contributed by atoms with Gasteiger partial charge in [-0.1, -0.05) is 45.0 Å². The maximum atomic E-state index is 6.58. The topological polar surface area (TPSA) is 59.6 Å². The van der Waals surface area contributed by atoms with Gasteiger partial charge in [-0.2, -0.15) is 0 Å². The van der Waals surface area contributed by atoms with Crippen molar-refractivity contribution >= 4 is 60.9 Å². The van der Waals surface area contributed by atoms with E-state index >= 15 is 0 Å². The Balaban J connectivity index is 1.10. The summed E-state index contributed by atoms with van der Waals surface area (Å²) in [6.45, 7) is 7.38. The van der Waals surface area contributed by atoms with E-state index in [4.69, 9.17) is 14.1 Å². The molecule has 5 heterocycles. The van der Waals surface area contributed by atoms with Crippen LogP contribution in [-0.4, -0.2) is 28.3 Å². The molecule has 9 rings (SSSR count). The molecule has 1 aliphatic rings. The minimum absolute atomic E-state index is 0.00960. The van der Waals surface area contributed by atoms with Crippen LogP contribution < -0.4 is 14.5 Å². The highest BCUT2D eigenvalue weighted by molar-refractivity contribution is 6.12. The molecule has 0 fully saturated rings. The monoisotopic (exact) mass is 615 g/mol. The van der Waals surface area contributed by atoms with Crippen LogP contribution in [0, 0.1) is 0 Å². The number of hydrogen-bond acceptors (Lipinski definition) is 6. The van der Waals surface area contributed by atoms with E-state index in [1.807, 2.05) is 24.4 Å². The molecule has 8 aromatic rings. The van der Waals surface area contributed by atoms with Gasteiger partial charge in [0.25, 0.3) is 0 Å². The molecule has 47 heavy (non-hydrogen) atoms. The second-order valence-electron chi connectivity index (χ2n) is 13.3. The lowest BCUT2D eigenvalue weighted by Crippen LogP contribution is -2.23. The zero-order chi connectivity index (χ0) is 31.9. The van der Waals surface area contributed by atoms with Gasteiger partial charge in [0.05, 0.1) is 23.4 Å². The molecule has 4 aromatic heterocycles. The number of fused-ring (bicyclic) bond motifs is 8. The van der Waals surface area contributed by atoms with E-state index in [0.29, 0.717) is 12.4 Å². The SMILES string of the molecule is CN1CN(c2cccc(Oc3ccc4c5ccccc5n(-c5cc(C(C)(C)C)ccn5)c4c3)c2)c2ccc3c(oc4ncccc43)c21. The van der Waals surface area contributed by atoms with Crippen molar-refractivity contribution in [1.82, 2.24) is 14.5 Å². The van der Waals surface area contributed by atoms with Gasteiger partial charge in [-0.05, 0) is 77.7 Å². The standard InChI is InChI=1S/C40H33N5O2/c1-40(2,3)25-18-20-41-36(21-25)45-33-13-6-5-11-29(33)30-15-14-28(23-35(30)45)46-27-10-7-9-26(22-27)44-24-43(4)37-34(44)17-16-31-32-12-8-19-42-39(32)47-38(31)37/h5-23H,24H2,1-4H3. The van der Waals surface area contributed by atoms with Gasteiger partial charge >= 0.3 is 0 Å². The molecule has 0 amide bonds. The fourth-order valence-corrected chi connectivity index (χ4v) is 6.94. The van der Waals surface area contributed by atoms with Crippen molar-refractivity contribution in [3.8, 4) is 17.3 Å².